The molecule has 1 amide bonds. The Morgan fingerprint density at radius 1 is 0.833 bits per heavy atom. The summed E-state index contributed by atoms with van der Waals surface area (Å²) in [4.78, 5) is 15.6. The number of likely N-dealkylation sites (tertiary alicyclic amines) is 1. The van der Waals surface area contributed by atoms with Crippen molar-refractivity contribution in [1.29, 1.82) is 0 Å². The van der Waals surface area contributed by atoms with E-state index in [1.165, 1.54) is 16.8 Å². The van der Waals surface area contributed by atoms with Crippen LogP contribution in [0.15, 0.2) is 78.9 Å². The number of rotatable bonds is 5. The van der Waals surface area contributed by atoms with Gasteiger partial charge in [0.15, 0.2) is 0 Å². The van der Waals surface area contributed by atoms with Crippen molar-refractivity contribution < 1.29 is 4.79 Å². The molecule has 3 aromatic rings. The maximum absolute atomic E-state index is 13.6. The number of nitrogens with one attached hydrogen (secondary N) is 1. The number of benzene rings is 3. The van der Waals surface area contributed by atoms with E-state index in [4.69, 9.17) is 0 Å². The van der Waals surface area contributed by atoms with Crippen LogP contribution in [-0.2, 0) is 4.79 Å². The minimum Gasteiger partial charge on any atom is -0.382 e. The molecule has 1 fully saturated rings. The topological polar surface area (TPSA) is 32.3 Å². The Morgan fingerprint density at radius 2 is 1.40 bits per heavy atom. The Kier molecular flexibility index (Phi) is 6.18. The van der Waals surface area contributed by atoms with Gasteiger partial charge in [0.05, 0.1) is 5.92 Å². The Bertz CT molecular complexity index is 937. The second-order valence-electron chi connectivity index (χ2n) is 8.30. The van der Waals surface area contributed by atoms with Crippen molar-refractivity contribution in [3.63, 3.8) is 0 Å². The number of anilines is 1. The lowest BCUT2D eigenvalue weighted by atomic mass is 9.89. The fourth-order valence-electron chi connectivity index (χ4n) is 4.26. The van der Waals surface area contributed by atoms with Gasteiger partial charge in [0, 0.05) is 24.8 Å². The van der Waals surface area contributed by atoms with Crippen molar-refractivity contribution in [3.05, 3.63) is 101 Å². The van der Waals surface area contributed by atoms with E-state index < -0.39 is 0 Å². The number of nitrogens with zero attached hydrogens (tertiary/aromatic N) is 1. The lowest BCUT2D eigenvalue weighted by molar-refractivity contribution is -0.132. The summed E-state index contributed by atoms with van der Waals surface area (Å²) in [5.41, 5.74) is 5.91. The predicted octanol–water partition coefficient (Wildman–Crippen LogP) is 5.54. The van der Waals surface area contributed by atoms with Crippen molar-refractivity contribution in [2.45, 2.75) is 38.6 Å². The smallest absolute Gasteiger partial charge is 0.234 e. The summed E-state index contributed by atoms with van der Waals surface area (Å²) in [6.07, 6.45) is 1.93. The standard InChI is InChI=1S/C27H30N2O/c1-20-13-14-25(19-21(20)2)28-24-15-17-29(18-16-24)27(30)26(22-9-5-3-6-10-22)23-11-7-4-8-12-23/h3-14,19,24,26,28H,15-18H2,1-2H3. The quantitative estimate of drug-likeness (QED) is 0.612. The highest BCUT2D eigenvalue weighted by molar-refractivity contribution is 5.87. The summed E-state index contributed by atoms with van der Waals surface area (Å²) in [5.74, 6) is -0.0336. The van der Waals surface area contributed by atoms with Gasteiger partial charge in [-0.15, -0.1) is 0 Å². The predicted molar refractivity (Wildman–Crippen MR) is 124 cm³/mol. The third-order valence-corrected chi connectivity index (χ3v) is 6.20. The maximum atomic E-state index is 13.6. The molecule has 3 aromatic carbocycles. The van der Waals surface area contributed by atoms with Crippen molar-refractivity contribution in [3.8, 4) is 0 Å². The molecule has 1 aliphatic heterocycles. The Morgan fingerprint density at radius 3 is 1.93 bits per heavy atom. The first-order chi connectivity index (χ1) is 14.6. The molecule has 0 aromatic heterocycles. The Hall–Kier alpha value is -3.07. The number of aryl methyl sites for hydroxylation is 2. The van der Waals surface area contributed by atoms with Gasteiger partial charge >= 0.3 is 0 Å². The summed E-state index contributed by atoms with van der Waals surface area (Å²) in [7, 11) is 0. The van der Waals surface area contributed by atoms with E-state index >= 15 is 0 Å². The number of piperidine rings is 1. The number of hydrogen-bond donors (Lipinski definition) is 1. The van der Waals surface area contributed by atoms with Gasteiger partial charge in [0.25, 0.3) is 0 Å². The zero-order valence-electron chi connectivity index (χ0n) is 17.8. The zero-order valence-corrected chi connectivity index (χ0v) is 17.8. The third kappa shape index (κ3) is 4.56. The van der Waals surface area contributed by atoms with Gasteiger partial charge in [-0.05, 0) is 61.1 Å². The molecule has 3 heteroatoms. The number of amides is 1. The average molecular weight is 399 g/mol. The van der Waals surface area contributed by atoms with Gasteiger partial charge in [-0.2, -0.15) is 0 Å². The van der Waals surface area contributed by atoms with E-state index in [0.717, 1.165) is 37.1 Å². The highest BCUT2D eigenvalue weighted by atomic mass is 16.2. The van der Waals surface area contributed by atoms with Crippen LogP contribution < -0.4 is 5.32 Å². The zero-order chi connectivity index (χ0) is 20.9. The van der Waals surface area contributed by atoms with Crippen LogP contribution in [0.4, 0.5) is 5.69 Å². The average Bonchev–Trinajstić information content (AvgIpc) is 2.78. The third-order valence-electron chi connectivity index (χ3n) is 6.20. The highest BCUT2D eigenvalue weighted by Gasteiger charge is 2.30. The van der Waals surface area contributed by atoms with E-state index in [2.05, 4.69) is 61.6 Å². The van der Waals surface area contributed by atoms with Crippen LogP contribution in [0.3, 0.4) is 0 Å². The molecule has 30 heavy (non-hydrogen) atoms. The van der Waals surface area contributed by atoms with E-state index in [1.54, 1.807) is 0 Å². The molecule has 4 rings (SSSR count). The van der Waals surface area contributed by atoms with Crippen molar-refractivity contribution in [2.75, 3.05) is 18.4 Å². The van der Waals surface area contributed by atoms with E-state index in [-0.39, 0.29) is 11.8 Å². The first-order valence-electron chi connectivity index (χ1n) is 10.8. The summed E-state index contributed by atoms with van der Waals surface area (Å²) >= 11 is 0. The molecular weight excluding hydrogens is 368 g/mol. The lowest BCUT2D eigenvalue weighted by Crippen LogP contribution is -2.44. The maximum Gasteiger partial charge on any atom is 0.234 e. The second kappa shape index (κ2) is 9.17. The fourth-order valence-corrected chi connectivity index (χ4v) is 4.26. The van der Waals surface area contributed by atoms with Gasteiger partial charge in [-0.3, -0.25) is 4.79 Å². The molecule has 1 aliphatic rings. The molecule has 0 unspecified atom stereocenters. The Labute approximate surface area is 179 Å². The number of carbonyl (C=O) groups is 1. The first-order valence-corrected chi connectivity index (χ1v) is 10.8. The molecule has 0 spiro atoms. The summed E-state index contributed by atoms with van der Waals surface area (Å²) in [6.45, 7) is 5.86. The molecular formula is C27H30N2O. The Balaban J connectivity index is 1.45. The molecule has 1 heterocycles. The minimum atomic E-state index is -0.239. The van der Waals surface area contributed by atoms with Gasteiger partial charge in [0.2, 0.25) is 5.91 Å². The fraction of sp³-hybridized carbons (Fsp3) is 0.296. The van der Waals surface area contributed by atoms with Crippen LogP contribution in [-0.4, -0.2) is 29.9 Å². The monoisotopic (exact) mass is 398 g/mol. The van der Waals surface area contributed by atoms with Crippen molar-refractivity contribution in [1.82, 2.24) is 4.90 Å². The van der Waals surface area contributed by atoms with Gasteiger partial charge in [0.1, 0.15) is 0 Å². The molecule has 1 saturated heterocycles. The van der Waals surface area contributed by atoms with Crippen LogP contribution in [0.25, 0.3) is 0 Å². The van der Waals surface area contributed by atoms with Gasteiger partial charge in [-0.25, -0.2) is 0 Å². The SMILES string of the molecule is Cc1ccc(NC2CCN(C(=O)C(c3ccccc3)c3ccccc3)CC2)cc1C. The van der Waals surface area contributed by atoms with Crippen LogP contribution in [0.1, 0.15) is 41.0 Å². The van der Waals surface area contributed by atoms with Crippen LogP contribution in [0.5, 0.6) is 0 Å². The van der Waals surface area contributed by atoms with E-state index in [9.17, 15) is 4.79 Å². The molecule has 0 radical (unpaired) electrons. The normalized spacial score (nSPS) is 14.7. The first kappa shape index (κ1) is 20.2. The van der Waals surface area contributed by atoms with Crippen LogP contribution in [0, 0.1) is 13.8 Å². The van der Waals surface area contributed by atoms with E-state index in [0.29, 0.717) is 6.04 Å². The van der Waals surface area contributed by atoms with Crippen molar-refractivity contribution >= 4 is 11.6 Å². The molecule has 0 atom stereocenters. The molecule has 154 valence electrons. The molecule has 0 bridgehead atoms. The summed E-state index contributed by atoms with van der Waals surface area (Å²) < 4.78 is 0. The second-order valence-corrected chi connectivity index (χ2v) is 8.30. The minimum absolute atomic E-state index is 0.206. The molecule has 0 aliphatic carbocycles. The molecule has 0 saturated carbocycles. The van der Waals surface area contributed by atoms with E-state index in [1.807, 2.05) is 41.3 Å². The number of carbonyl (C=O) groups excluding carboxylic acids is 1. The lowest BCUT2D eigenvalue weighted by Gasteiger charge is -2.35. The summed E-state index contributed by atoms with van der Waals surface area (Å²) in [6, 6.07) is 27.2. The number of hydrogen-bond acceptors (Lipinski definition) is 2. The highest BCUT2D eigenvalue weighted by Crippen LogP contribution is 2.28. The van der Waals surface area contributed by atoms with Crippen LogP contribution in [0.2, 0.25) is 0 Å². The van der Waals surface area contributed by atoms with Crippen molar-refractivity contribution in [2.24, 2.45) is 0 Å². The van der Waals surface area contributed by atoms with Crippen LogP contribution >= 0.6 is 0 Å². The largest absolute Gasteiger partial charge is 0.382 e. The van der Waals surface area contributed by atoms with Gasteiger partial charge in [-0.1, -0.05) is 66.7 Å². The molecule has 3 nitrogen and oxygen atoms in total. The van der Waals surface area contributed by atoms with Gasteiger partial charge < -0.3 is 10.2 Å². The summed E-state index contributed by atoms with van der Waals surface area (Å²) in [5, 5.41) is 3.66. The molecule has 1 N–H and O–H groups in total.